The van der Waals surface area contributed by atoms with Crippen LogP contribution in [0.5, 0.6) is 0 Å². The van der Waals surface area contributed by atoms with E-state index in [-0.39, 0.29) is 11.8 Å². The van der Waals surface area contributed by atoms with Crippen LogP contribution in [0.15, 0.2) is 22.0 Å². The monoisotopic (exact) mass is 368 g/mol. The molecule has 4 nitrogen and oxygen atoms in total. The second kappa shape index (κ2) is 7.48. The molecule has 0 bridgehead atoms. The van der Waals surface area contributed by atoms with E-state index in [1.807, 2.05) is 27.7 Å². The van der Waals surface area contributed by atoms with Gasteiger partial charge >= 0.3 is 0 Å². The Labute approximate surface area is 150 Å². The zero-order chi connectivity index (χ0) is 18.1. The number of rotatable bonds is 5. The molecule has 0 saturated carbocycles. The Morgan fingerprint density at radius 1 is 1.00 bits per heavy atom. The third-order valence-corrected chi connectivity index (χ3v) is 6.65. The fraction of sp³-hybridized carbons (Fsp3) is 0.611. The second-order valence-electron chi connectivity index (χ2n) is 7.13. The summed E-state index contributed by atoms with van der Waals surface area (Å²) in [6.07, 6.45) is 0. The van der Waals surface area contributed by atoms with E-state index in [4.69, 9.17) is 0 Å². The Bertz CT molecular complexity index is 706. The Balaban J connectivity index is 2.65. The maximum Gasteiger partial charge on any atom is 0.264 e. The van der Waals surface area contributed by atoms with Crippen LogP contribution in [-0.2, 0) is 10.0 Å². The van der Waals surface area contributed by atoms with Crippen LogP contribution in [0.3, 0.4) is 0 Å². The number of hydrogen-bond donors (Lipinski definition) is 1. The highest BCUT2D eigenvalue weighted by atomic mass is 32.2. The number of nitrogens with zero attached hydrogens (tertiary/aromatic N) is 1. The minimum atomic E-state index is -3.64. The first kappa shape index (κ1) is 19.3. The number of sulfonamides is 1. The van der Waals surface area contributed by atoms with E-state index in [1.54, 1.807) is 0 Å². The molecule has 24 heavy (non-hydrogen) atoms. The Hall–Kier alpha value is -1.01. The van der Waals surface area contributed by atoms with Crippen LogP contribution in [0.2, 0.25) is 0 Å². The van der Waals surface area contributed by atoms with Gasteiger partial charge in [0.2, 0.25) is 0 Å². The van der Waals surface area contributed by atoms with Gasteiger partial charge in [-0.1, -0.05) is 65.4 Å². The third-order valence-electron chi connectivity index (χ3n) is 4.16. The van der Waals surface area contributed by atoms with Crippen molar-refractivity contribution in [1.29, 1.82) is 0 Å². The molecule has 1 aliphatic rings. The SMILES string of the molecule is CC(C)c1cc(C(C)C)c(S(=O)(=O)NC2=NCCS2)c(C(C)C)c1. The van der Waals surface area contributed by atoms with Crippen molar-refractivity contribution < 1.29 is 8.42 Å². The highest BCUT2D eigenvalue weighted by Crippen LogP contribution is 2.35. The Kier molecular flexibility index (Phi) is 6.02. The summed E-state index contributed by atoms with van der Waals surface area (Å²) in [7, 11) is -3.64. The number of amidine groups is 1. The molecule has 0 spiro atoms. The first-order valence-corrected chi connectivity index (χ1v) is 11.0. The second-order valence-corrected chi connectivity index (χ2v) is 9.84. The molecule has 1 N–H and O–H groups in total. The van der Waals surface area contributed by atoms with Crippen LogP contribution >= 0.6 is 11.8 Å². The lowest BCUT2D eigenvalue weighted by molar-refractivity contribution is 0.587. The molecule has 1 heterocycles. The molecule has 0 saturated heterocycles. The van der Waals surface area contributed by atoms with Gasteiger partial charge in [-0.3, -0.25) is 9.71 Å². The van der Waals surface area contributed by atoms with E-state index in [0.717, 1.165) is 16.9 Å². The summed E-state index contributed by atoms with van der Waals surface area (Å²) in [5.41, 5.74) is 2.97. The molecule has 134 valence electrons. The smallest absolute Gasteiger partial charge is 0.261 e. The lowest BCUT2D eigenvalue weighted by Gasteiger charge is -2.23. The van der Waals surface area contributed by atoms with Gasteiger partial charge in [-0.25, -0.2) is 8.42 Å². The Morgan fingerprint density at radius 3 is 1.92 bits per heavy atom. The minimum absolute atomic E-state index is 0.131. The van der Waals surface area contributed by atoms with Crippen LogP contribution in [0.4, 0.5) is 0 Å². The van der Waals surface area contributed by atoms with Crippen molar-refractivity contribution in [1.82, 2.24) is 4.72 Å². The molecular formula is C18H28N2O2S2. The van der Waals surface area contributed by atoms with Crippen molar-refractivity contribution in [3.05, 3.63) is 28.8 Å². The summed E-state index contributed by atoms with van der Waals surface area (Å²) in [6, 6.07) is 4.11. The molecule has 2 rings (SSSR count). The van der Waals surface area contributed by atoms with Gasteiger partial charge in [0.05, 0.1) is 11.4 Å². The highest BCUT2D eigenvalue weighted by Gasteiger charge is 2.28. The van der Waals surface area contributed by atoms with Gasteiger partial charge in [0, 0.05) is 5.75 Å². The molecule has 1 aromatic rings. The maximum absolute atomic E-state index is 13.1. The average Bonchev–Trinajstić information content (AvgIpc) is 2.97. The van der Waals surface area contributed by atoms with Crippen molar-refractivity contribution in [3.8, 4) is 0 Å². The molecule has 0 aromatic heterocycles. The van der Waals surface area contributed by atoms with E-state index >= 15 is 0 Å². The van der Waals surface area contributed by atoms with E-state index in [1.165, 1.54) is 17.3 Å². The van der Waals surface area contributed by atoms with Crippen molar-refractivity contribution >= 4 is 27.0 Å². The van der Waals surface area contributed by atoms with Gasteiger partial charge in [-0.15, -0.1) is 0 Å². The molecule has 0 atom stereocenters. The standard InChI is InChI=1S/C18H28N2O2S2/c1-11(2)14-9-15(12(3)4)17(16(10-14)13(5)6)24(21,22)20-18-19-7-8-23-18/h9-13H,7-8H2,1-6H3,(H,19,20). The number of benzene rings is 1. The number of aliphatic imine (C=N–C) groups is 1. The predicted octanol–water partition coefficient (Wildman–Crippen LogP) is 4.44. The molecule has 1 aliphatic heterocycles. The van der Waals surface area contributed by atoms with Crippen molar-refractivity contribution in [2.24, 2.45) is 4.99 Å². The fourth-order valence-corrected chi connectivity index (χ4v) is 5.49. The van der Waals surface area contributed by atoms with Gasteiger partial charge in [0.15, 0.2) is 5.17 Å². The normalized spacial score (nSPS) is 15.5. The summed E-state index contributed by atoms with van der Waals surface area (Å²) in [6.45, 7) is 13.1. The summed E-state index contributed by atoms with van der Waals surface area (Å²) < 4.78 is 28.9. The van der Waals surface area contributed by atoms with Crippen molar-refractivity contribution in [3.63, 3.8) is 0 Å². The highest BCUT2D eigenvalue weighted by molar-refractivity contribution is 8.15. The largest absolute Gasteiger partial charge is 0.264 e. The van der Waals surface area contributed by atoms with E-state index in [0.29, 0.717) is 22.5 Å². The number of thioether (sulfide) groups is 1. The molecule has 0 aliphatic carbocycles. The fourth-order valence-electron chi connectivity index (χ4n) is 2.76. The van der Waals surface area contributed by atoms with Crippen LogP contribution in [0.1, 0.15) is 76.0 Å². The minimum Gasteiger partial charge on any atom is -0.261 e. The van der Waals surface area contributed by atoms with Gasteiger partial charge in [0.1, 0.15) is 0 Å². The number of nitrogens with one attached hydrogen (secondary N) is 1. The Morgan fingerprint density at radius 2 is 1.54 bits per heavy atom. The van der Waals surface area contributed by atoms with E-state index < -0.39 is 10.0 Å². The molecule has 0 radical (unpaired) electrons. The van der Waals surface area contributed by atoms with E-state index in [9.17, 15) is 8.42 Å². The first-order valence-electron chi connectivity index (χ1n) is 8.51. The quantitative estimate of drug-likeness (QED) is 0.836. The average molecular weight is 369 g/mol. The molecule has 1 aromatic carbocycles. The van der Waals surface area contributed by atoms with Crippen LogP contribution in [-0.4, -0.2) is 25.9 Å². The molecule has 6 heteroatoms. The molecular weight excluding hydrogens is 340 g/mol. The first-order chi connectivity index (χ1) is 11.1. The maximum atomic E-state index is 13.1. The summed E-state index contributed by atoms with van der Waals surface area (Å²) in [4.78, 5) is 4.67. The van der Waals surface area contributed by atoms with Gasteiger partial charge < -0.3 is 0 Å². The van der Waals surface area contributed by atoms with Gasteiger partial charge in [0.25, 0.3) is 10.0 Å². The van der Waals surface area contributed by atoms with Crippen LogP contribution < -0.4 is 4.72 Å². The lowest BCUT2D eigenvalue weighted by atomic mass is 9.89. The molecule has 0 unspecified atom stereocenters. The van der Waals surface area contributed by atoms with Crippen LogP contribution in [0, 0.1) is 0 Å². The molecule has 0 amide bonds. The third kappa shape index (κ3) is 4.14. The summed E-state index contributed by atoms with van der Waals surface area (Å²) >= 11 is 1.46. The van der Waals surface area contributed by atoms with Crippen molar-refractivity contribution in [2.45, 2.75) is 64.2 Å². The summed E-state index contributed by atoms with van der Waals surface area (Å²) in [5, 5.41) is 0.507. The lowest BCUT2D eigenvalue weighted by Crippen LogP contribution is -2.30. The van der Waals surface area contributed by atoms with Gasteiger partial charge in [-0.05, 0) is 34.4 Å². The van der Waals surface area contributed by atoms with Gasteiger partial charge in [-0.2, -0.15) is 0 Å². The zero-order valence-electron chi connectivity index (χ0n) is 15.4. The molecule has 0 fully saturated rings. The summed E-state index contributed by atoms with van der Waals surface area (Å²) in [5.74, 6) is 1.45. The zero-order valence-corrected chi connectivity index (χ0v) is 17.0. The van der Waals surface area contributed by atoms with Crippen LogP contribution in [0.25, 0.3) is 0 Å². The van der Waals surface area contributed by atoms with E-state index in [2.05, 4.69) is 35.7 Å². The van der Waals surface area contributed by atoms with Crippen molar-refractivity contribution in [2.75, 3.05) is 12.3 Å². The number of hydrogen-bond acceptors (Lipinski definition) is 4. The predicted molar refractivity (Wildman–Crippen MR) is 104 cm³/mol. The topological polar surface area (TPSA) is 58.5 Å².